The third-order valence-corrected chi connectivity index (χ3v) is 5.05. The summed E-state index contributed by atoms with van der Waals surface area (Å²) in [5.41, 5.74) is 3.34. The van der Waals surface area contributed by atoms with E-state index in [1.807, 2.05) is 60.7 Å². The monoisotopic (exact) mass is 412 g/mol. The molecule has 0 amide bonds. The van der Waals surface area contributed by atoms with Gasteiger partial charge < -0.3 is 15.0 Å². The van der Waals surface area contributed by atoms with E-state index in [1.54, 1.807) is 19.4 Å². The number of ether oxygens (including phenoxy) is 1. The molecule has 0 fully saturated rings. The maximum absolute atomic E-state index is 12.3. The number of para-hydroxylation sites is 1. The van der Waals surface area contributed by atoms with Gasteiger partial charge in [0.15, 0.2) is 5.82 Å². The lowest BCUT2D eigenvalue weighted by Gasteiger charge is -2.20. The highest BCUT2D eigenvalue weighted by atomic mass is 16.5. The van der Waals surface area contributed by atoms with Gasteiger partial charge >= 0.3 is 0 Å². The third kappa shape index (κ3) is 5.24. The van der Waals surface area contributed by atoms with Crippen LogP contribution in [-0.4, -0.2) is 22.1 Å². The Morgan fingerprint density at radius 3 is 2.55 bits per heavy atom. The summed E-state index contributed by atoms with van der Waals surface area (Å²) < 4.78 is 5.48. The molecule has 1 unspecified atom stereocenters. The number of pyridine rings is 1. The Hall–Kier alpha value is -3.77. The minimum atomic E-state index is -0.192. The standard InChI is InChI=1S/C25H24N4O2/c1-31-23-13-6-5-11-19(23)17-27-22(18-9-3-2-4-10-18)15-20-16-24(30)29-25(28-20)21-12-7-8-14-26-21/h2-14,16,22,27H,15,17H2,1H3,(H,28,29,30). The molecule has 31 heavy (non-hydrogen) atoms. The molecule has 2 N–H and O–H groups in total. The van der Waals surface area contributed by atoms with Gasteiger partial charge in [-0.2, -0.15) is 0 Å². The first-order valence-electron chi connectivity index (χ1n) is 10.1. The zero-order valence-corrected chi connectivity index (χ0v) is 17.3. The van der Waals surface area contributed by atoms with Gasteiger partial charge in [-0.25, -0.2) is 4.98 Å². The van der Waals surface area contributed by atoms with Gasteiger partial charge in [-0.15, -0.1) is 0 Å². The van der Waals surface area contributed by atoms with E-state index < -0.39 is 0 Å². The molecular weight excluding hydrogens is 388 g/mol. The quantitative estimate of drug-likeness (QED) is 0.459. The number of H-pyrrole nitrogens is 1. The van der Waals surface area contributed by atoms with E-state index in [0.717, 1.165) is 16.9 Å². The van der Waals surface area contributed by atoms with Crippen LogP contribution < -0.4 is 15.6 Å². The van der Waals surface area contributed by atoms with Crippen LogP contribution in [0, 0.1) is 0 Å². The maximum Gasteiger partial charge on any atom is 0.251 e. The van der Waals surface area contributed by atoms with Crippen molar-refractivity contribution < 1.29 is 4.74 Å². The highest BCUT2D eigenvalue weighted by molar-refractivity contribution is 5.48. The Morgan fingerprint density at radius 1 is 1.00 bits per heavy atom. The van der Waals surface area contributed by atoms with Crippen LogP contribution in [0.5, 0.6) is 5.75 Å². The van der Waals surface area contributed by atoms with Crippen LogP contribution in [-0.2, 0) is 13.0 Å². The zero-order chi connectivity index (χ0) is 21.5. The molecule has 2 aromatic carbocycles. The van der Waals surface area contributed by atoms with Gasteiger partial charge in [-0.3, -0.25) is 9.78 Å². The van der Waals surface area contributed by atoms with Crippen LogP contribution in [0.2, 0.25) is 0 Å². The molecule has 0 aliphatic rings. The summed E-state index contributed by atoms with van der Waals surface area (Å²) in [5.74, 6) is 1.31. The van der Waals surface area contributed by atoms with Crippen molar-refractivity contribution >= 4 is 0 Å². The van der Waals surface area contributed by atoms with Crippen molar-refractivity contribution in [1.82, 2.24) is 20.3 Å². The first-order chi connectivity index (χ1) is 15.2. The fraction of sp³-hybridized carbons (Fsp3) is 0.160. The highest BCUT2D eigenvalue weighted by Crippen LogP contribution is 2.22. The van der Waals surface area contributed by atoms with Crippen LogP contribution >= 0.6 is 0 Å². The summed E-state index contributed by atoms with van der Waals surface area (Å²) in [6.45, 7) is 0.625. The molecule has 0 spiro atoms. The van der Waals surface area contributed by atoms with E-state index in [-0.39, 0.29) is 11.6 Å². The van der Waals surface area contributed by atoms with Gasteiger partial charge in [0.1, 0.15) is 11.4 Å². The van der Waals surface area contributed by atoms with Gasteiger partial charge in [0, 0.05) is 36.8 Å². The number of aromatic amines is 1. The van der Waals surface area contributed by atoms with Crippen molar-refractivity contribution in [2.24, 2.45) is 0 Å². The van der Waals surface area contributed by atoms with Crippen molar-refractivity contribution in [3.8, 4) is 17.3 Å². The predicted molar refractivity (Wildman–Crippen MR) is 121 cm³/mol. The van der Waals surface area contributed by atoms with Gasteiger partial charge in [0.2, 0.25) is 0 Å². The van der Waals surface area contributed by atoms with E-state index in [2.05, 4.69) is 32.4 Å². The Kier molecular flexibility index (Phi) is 6.50. The first-order valence-corrected chi connectivity index (χ1v) is 10.1. The average molecular weight is 412 g/mol. The molecule has 2 heterocycles. The number of nitrogens with zero attached hydrogens (tertiary/aromatic N) is 2. The molecule has 0 saturated carbocycles. The van der Waals surface area contributed by atoms with E-state index >= 15 is 0 Å². The van der Waals surface area contributed by atoms with Crippen LogP contribution in [0.15, 0.2) is 89.9 Å². The van der Waals surface area contributed by atoms with Crippen molar-refractivity contribution in [2.45, 2.75) is 19.0 Å². The van der Waals surface area contributed by atoms with Crippen LogP contribution in [0.3, 0.4) is 0 Å². The first kappa shape index (κ1) is 20.5. The number of benzene rings is 2. The molecule has 4 rings (SSSR count). The molecule has 156 valence electrons. The number of hydrogen-bond donors (Lipinski definition) is 2. The van der Waals surface area contributed by atoms with E-state index in [4.69, 9.17) is 4.74 Å². The summed E-state index contributed by atoms with van der Waals surface area (Å²) in [5, 5.41) is 3.61. The van der Waals surface area contributed by atoms with E-state index in [0.29, 0.717) is 30.2 Å². The summed E-state index contributed by atoms with van der Waals surface area (Å²) in [6.07, 6.45) is 2.24. The number of nitrogens with one attached hydrogen (secondary N) is 2. The molecule has 0 aliphatic carbocycles. The molecule has 0 bridgehead atoms. The van der Waals surface area contributed by atoms with Crippen LogP contribution in [0.4, 0.5) is 0 Å². The van der Waals surface area contributed by atoms with Crippen molar-refractivity contribution in [2.75, 3.05) is 7.11 Å². The number of methoxy groups -OCH3 is 1. The Labute approximate surface area is 181 Å². The smallest absolute Gasteiger partial charge is 0.251 e. The predicted octanol–water partition coefficient (Wildman–Crippen LogP) is 3.91. The summed E-state index contributed by atoms with van der Waals surface area (Å²) in [6, 6.07) is 25.2. The van der Waals surface area contributed by atoms with Gasteiger partial charge in [-0.1, -0.05) is 54.6 Å². The topological polar surface area (TPSA) is 79.9 Å². The molecule has 1 atom stereocenters. The van der Waals surface area contributed by atoms with Gasteiger partial charge in [-0.05, 0) is 23.8 Å². The molecule has 4 aromatic rings. The Morgan fingerprint density at radius 2 is 1.77 bits per heavy atom. The number of hydrogen-bond acceptors (Lipinski definition) is 5. The van der Waals surface area contributed by atoms with Crippen LogP contribution in [0.1, 0.15) is 22.9 Å². The molecule has 0 saturated heterocycles. The number of aromatic nitrogens is 3. The lowest BCUT2D eigenvalue weighted by Crippen LogP contribution is -2.24. The maximum atomic E-state index is 12.3. The second kappa shape index (κ2) is 9.82. The second-order valence-corrected chi connectivity index (χ2v) is 7.16. The van der Waals surface area contributed by atoms with Gasteiger partial charge in [0.25, 0.3) is 5.56 Å². The average Bonchev–Trinajstić information content (AvgIpc) is 2.82. The van der Waals surface area contributed by atoms with Crippen molar-refractivity contribution in [3.05, 3.63) is 112 Å². The van der Waals surface area contributed by atoms with E-state index in [9.17, 15) is 4.79 Å². The second-order valence-electron chi connectivity index (χ2n) is 7.16. The summed E-state index contributed by atoms with van der Waals surface area (Å²) in [4.78, 5) is 24.1. The molecule has 6 nitrogen and oxygen atoms in total. The normalized spacial score (nSPS) is 11.8. The zero-order valence-electron chi connectivity index (χ0n) is 17.3. The van der Waals surface area contributed by atoms with E-state index in [1.165, 1.54) is 0 Å². The Bertz CT molecular complexity index is 1180. The largest absolute Gasteiger partial charge is 0.496 e. The lowest BCUT2D eigenvalue weighted by molar-refractivity contribution is 0.405. The highest BCUT2D eigenvalue weighted by Gasteiger charge is 2.15. The van der Waals surface area contributed by atoms with Crippen molar-refractivity contribution in [3.63, 3.8) is 0 Å². The minimum absolute atomic E-state index is 0.0306. The summed E-state index contributed by atoms with van der Waals surface area (Å²) in [7, 11) is 1.67. The minimum Gasteiger partial charge on any atom is -0.496 e. The SMILES string of the molecule is COc1ccccc1CNC(Cc1cc(=O)[nH]c(-c2ccccn2)n1)c1ccccc1. The molecular formula is C25H24N4O2. The lowest BCUT2D eigenvalue weighted by atomic mass is 10.0. The number of rotatable bonds is 8. The molecule has 0 radical (unpaired) electrons. The Balaban J connectivity index is 1.61. The third-order valence-electron chi connectivity index (χ3n) is 5.05. The molecule has 0 aliphatic heterocycles. The molecule has 6 heteroatoms. The van der Waals surface area contributed by atoms with Crippen LogP contribution in [0.25, 0.3) is 11.5 Å². The fourth-order valence-electron chi connectivity index (χ4n) is 3.52. The summed E-state index contributed by atoms with van der Waals surface area (Å²) >= 11 is 0. The van der Waals surface area contributed by atoms with Gasteiger partial charge in [0.05, 0.1) is 12.8 Å². The molecule has 2 aromatic heterocycles. The fourth-order valence-corrected chi connectivity index (χ4v) is 3.52. The van der Waals surface area contributed by atoms with Crippen molar-refractivity contribution in [1.29, 1.82) is 0 Å².